The molecule has 0 fully saturated rings. The highest BCUT2D eigenvalue weighted by atomic mass is 16.5. The minimum atomic E-state index is -0.994. The van der Waals surface area contributed by atoms with Gasteiger partial charge in [-0.1, -0.05) is 5.92 Å². The fourth-order valence-electron chi connectivity index (χ4n) is 2.68. The van der Waals surface area contributed by atoms with Crippen molar-refractivity contribution in [2.45, 2.75) is 26.3 Å². The van der Waals surface area contributed by atoms with Gasteiger partial charge in [0.1, 0.15) is 6.04 Å². The van der Waals surface area contributed by atoms with Crippen molar-refractivity contribution < 1.29 is 23.9 Å². The van der Waals surface area contributed by atoms with E-state index in [0.29, 0.717) is 5.69 Å². The highest BCUT2D eigenvalue weighted by Gasteiger charge is 2.25. The van der Waals surface area contributed by atoms with Crippen LogP contribution in [0.2, 0.25) is 0 Å². The molecule has 1 aromatic heterocycles. The van der Waals surface area contributed by atoms with Gasteiger partial charge in [-0.25, -0.2) is 9.78 Å². The number of imidazole rings is 1. The van der Waals surface area contributed by atoms with Crippen molar-refractivity contribution in [2.75, 3.05) is 7.11 Å². The van der Waals surface area contributed by atoms with Crippen molar-refractivity contribution >= 4 is 23.4 Å². The van der Waals surface area contributed by atoms with Crippen molar-refractivity contribution in [1.82, 2.24) is 15.3 Å². The van der Waals surface area contributed by atoms with Crippen LogP contribution in [-0.2, 0) is 16.0 Å². The molecule has 2 N–H and O–H groups in total. The first kappa shape index (κ1) is 20.6. The first-order valence-corrected chi connectivity index (χ1v) is 8.31. The number of esters is 1. The van der Waals surface area contributed by atoms with Crippen molar-refractivity contribution in [3.8, 4) is 12.3 Å². The minimum absolute atomic E-state index is 0.0351. The van der Waals surface area contributed by atoms with Crippen molar-refractivity contribution in [2.24, 2.45) is 0 Å². The molecule has 2 aromatic rings. The average molecular weight is 381 g/mol. The summed E-state index contributed by atoms with van der Waals surface area (Å²) in [7, 11) is 1.21. The fourth-order valence-corrected chi connectivity index (χ4v) is 2.68. The Morgan fingerprint density at radius 1 is 1.21 bits per heavy atom. The topological polar surface area (TPSA) is 118 Å². The maximum absolute atomic E-state index is 12.7. The van der Waals surface area contributed by atoms with Gasteiger partial charge in [0.05, 0.1) is 13.4 Å². The molecule has 28 heavy (non-hydrogen) atoms. The summed E-state index contributed by atoms with van der Waals surface area (Å²) < 4.78 is 4.74. The van der Waals surface area contributed by atoms with Gasteiger partial charge in [0.15, 0.2) is 11.6 Å². The zero-order valence-electron chi connectivity index (χ0n) is 15.7. The number of carbonyl (C=O) groups is 4. The number of hydrogen-bond acceptors (Lipinski definition) is 6. The summed E-state index contributed by atoms with van der Waals surface area (Å²) in [4.78, 5) is 55.4. The molecule has 8 heteroatoms. The third-order valence-corrected chi connectivity index (χ3v) is 4.07. The highest BCUT2D eigenvalue weighted by Crippen LogP contribution is 2.19. The van der Waals surface area contributed by atoms with Crippen LogP contribution in [0.15, 0.2) is 24.7 Å². The van der Waals surface area contributed by atoms with Gasteiger partial charge in [0.25, 0.3) is 5.91 Å². The van der Waals surface area contributed by atoms with E-state index in [4.69, 9.17) is 11.2 Å². The highest BCUT2D eigenvalue weighted by molar-refractivity contribution is 6.07. The average Bonchev–Trinajstić information content (AvgIpc) is 3.18. The van der Waals surface area contributed by atoms with Gasteiger partial charge in [0.2, 0.25) is 0 Å². The second kappa shape index (κ2) is 8.77. The molecule has 1 amide bonds. The smallest absolute Gasteiger partial charge is 0.328 e. The van der Waals surface area contributed by atoms with Gasteiger partial charge in [-0.2, -0.15) is 0 Å². The Labute approximate surface area is 161 Å². The van der Waals surface area contributed by atoms with Crippen LogP contribution in [0.5, 0.6) is 0 Å². The quantitative estimate of drug-likeness (QED) is 0.424. The van der Waals surface area contributed by atoms with Gasteiger partial charge >= 0.3 is 5.97 Å². The maximum Gasteiger partial charge on any atom is 0.328 e. The molecule has 0 unspecified atom stereocenters. The van der Waals surface area contributed by atoms with Crippen molar-refractivity contribution in [3.05, 3.63) is 52.6 Å². The summed E-state index contributed by atoms with van der Waals surface area (Å²) in [6.07, 6.45) is 8.53. The maximum atomic E-state index is 12.7. The number of benzene rings is 1. The number of Topliss-reactive ketones (excluding diaryl/α,β-unsaturated/α-hetero) is 2. The lowest BCUT2D eigenvalue weighted by molar-refractivity contribution is -0.142. The van der Waals surface area contributed by atoms with Gasteiger partial charge < -0.3 is 15.0 Å². The molecule has 144 valence electrons. The van der Waals surface area contributed by atoms with E-state index in [-0.39, 0.29) is 40.2 Å². The van der Waals surface area contributed by atoms with Crippen LogP contribution in [0.1, 0.15) is 56.2 Å². The number of ketones is 2. The van der Waals surface area contributed by atoms with E-state index in [9.17, 15) is 19.2 Å². The number of ether oxygens (including phenoxy) is 1. The minimum Gasteiger partial charge on any atom is -0.467 e. The summed E-state index contributed by atoms with van der Waals surface area (Å²) in [6.45, 7) is 2.58. The second-order valence-corrected chi connectivity index (χ2v) is 6.03. The number of methoxy groups -OCH3 is 1. The molecule has 2 rings (SSSR count). The SMILES string of the molecule is C#Cc1c(C(C)=O)cc(C(=O)N[C@H](Cc2cnc[nH]2)C(=O)OC)cc1C(C)=O. The molecule has 0 aliphatic carbocycles. The molecule has 1 heterocycles. The van der Waals surface area contributed by atoms with E-state index >= 15 is 0 Å². The summed E-state index contributed by atoms with van der Waals surface area (Å²) in [5.41, 5.74) is 0.964. The Hall–Kier alpha value is -3.73. The fraction of sp³-hybridized carbons (Fsp3) is 0.250. The van der Waals surface area contributed by atoms with Gasteiger partial charge in [-0.15, -0.1) is 6.42 Å². The summed E-state index contributed by atoms with van der Waals surface area (Å²) in [5.74, 6) is 0.267. The number of carbonyl (C=O) groups excluding carboxylic acids is 4. The number of aromatic amines is 1. The largest absolute Gasteiger partial charge is 0.467 e. The molecule has 0 saturated carbocycles. The van der Waals surface area contributed by atoms with Crippen molar-refractivity contribution in [3.63, 3.8) is 0 Å². The Morgan fingerprint density at radius 3 is 2.25 bits per heavy atom. The predicted molar refractivity (Wildman–Crippen MR) is 99.9 cm³/mol. The Morgan fingerprint density at radius 2 is 1.82 bits per heavy atom. The Kier molecular flexibility index (Phi) is 6.45. The number of H-pyrrole nitrogens is 1. The molecule has 0 aliphatic rings. The van der Waals surface area contributed by atoms with Crippen LogP contribution < -0.4 is 5.32 Å². The van der Waals surface area contributed by atoms with Gasteiger partial charge in [-0.3, -0.25) is 14.4 Å². The monoisotopic (exact) mass is 381 g/mol. The van der Waals surface area contributed by atoms with Crippen LogP contribution in [-0.4, -0.2) is 46.6 Å². The lowest BCUT2D eigenvalue weighted by Gasteiger charge is -2.17. The zero-order chi connectivity index (χ0) is 20.8. The molecule has 0 bridgehead atoms. The Balaban J connectivity index is 2.41. The number of hydrogen-bond donors (Lipinski definition) is 2. The normalized spacial score (nSPS) is 11.2. The molecular weight excluding hydrogens is 362 g/mol. The first-order chi connectivity index (χ1) is 13.3. The standard InChI is InChI=1S/C20H19N3O5/c1-5-15-16(11(2)24)6-13(7-17(15)12(3)25)19(26)23-18(20(27)28-4)8-14-9-21-10-22-14/h1,6-7,9-10,18H,8H2,2-4H3,(H,21,22)(H,23,26)/t18-/m1/s1. The summed E-state index contributed by atoms with van der Waals surface area (Å²) in [5, 5.41) is 2.56. The predicted octanol–water partition coefficient (Wildman–Crippen LogP) is 1.31. The third-order valence-electron chi connectivity index (χ3n) is 4.07. The molecular formula is C20H19N3O5. The Bertz CT molecular complexity index is 935. The van der Waals surface area contributed by atoms with Crippen LogP contribution in [0.25, 0.3) is 0 Å². The van der Waals surface area contributed by atoms with E-state index in [1.165, 1.54) is 45.6 Å². The molecule has 0 spiro atoms. The molecule has 0 radical (unpaired) electrons. The van der Waals surface area contributed by atoms with Gasteiger partial charge in [0, 0.05) is 40.6 Å². The molecule has 1 aromatic carbocycles. The summed E-state index contributed by atoms with van der Waals surface area (Å²) >= 11 is 0. The van der Waals surface area contributed by atoms with Gasteiger partial charge in [-0.05, 0) is 26.0 Å². The molecule has 1 atom stereocenters. The molecule has 8 nitrogen and oxygen atoms in total. The van der Waals surface area contributed by atoms with Crippen LogP contribution in [0.4, 0.5) is 0 Å². The number of aromatic nitrogens is 2. The van der Waals surface area contributed by atoms with E-state index in [0.717, 1.165) is 0 Å². The van der Waals surface area contributed by atoms with Crippen LogP contribution in [0.3, 0.4) is 0 Å². The number of terminal acetylenes is 1. The lowest BCUT2D eigenvalue weighted by atomic mass is 9.93. The van der Waals surface area contributed by atoms with E-state index in [1.807, 2.05) is 0 Å². The molecule has 0 aliphatic heterocycles. The van der Waals surface area contributed by atoms with E-state index < -0.39 is 17.9 Å². The number of nitrogens with one attached hydrogen (secondary N) is 2. The number of amides is 1. The number of rotatable bonds is 7. The number of nitrogens with zero attached hydrogens (tertiary/aromatic N) is 1. The van der Waals surface area contributed by atoms with E-state index in [2.05, 4.69) is 21.2 Å². The zero-order valence-corrected chi connectivity index (χ0v) is 15.7. The van der Waals surface area contributed by atoms with E-state index in [1.54, 1.807) is 0 Å². The first-order valence-electron chi connectivity index (χ1n) is 8.31. The molecule has 0 saturated heterocycles. The van der Waals surface area contributed by atoms with Crippen LogP contribution >= 0.6 is 0 Å². The van der Waals surface area contributed by atoms with Crippen LogP contribution in [0, 0.1) is 12.3 Å². The third kappa shape index (κ3) is 4.51. The van der Waals surface area contributed by atoms with Crippen molar-refractivity contribution in [1.29, 1.82) is 0 Å². The lowest BCUT2D eigenvalue weighted by Crippen LogP contribution is -2.43. The second-order valence-electron chi connectivity index (χ2n) is 6.03. The summed E-state index contributed by atoms with van der Waals surface area (Å²) in [6, 6.07) is 1.63.